The van der Waals surface area contributed by atoms with Crippen LogP contribution in [-0.2, 0) is 35.2 Å². The number of nitrogens with two attached hydrogens (primary N) is 1. The summed E-state index contributed by atoms with van der Waals surface area (Å²) in [6.45, 7) is 4.38. The van der Waals surface area contributed by atoms with Gasteiger partial charge in [-0.3, -0.25) is 10.1 Å². The summed E-state index contributed by atoms with van der Waals surface area (Å²) < 4.78 is 25.5. The first-order chi connectivity index (χ1) is 33.4. The molecule has 10 rings (SSSR count). The van der Waals surface area contributed by atoms with E-state index < -0.39 is 35.3 Å². The summed E-state index contributed by atoms with van der Waals surface area (Å²) in [6, 6.07) is 4.93. The molecule has 0 aromatic heterocycles. The number of nitrogens with zero attached hydrogens (tertiary/aromatic N) is 1. The molecule has 372 valence electrons. The van der Waals surface area contributed by atoms with Crippen LogP contribution < -0.4 is 30.6 Å². The van der Waals surface area contributed by atoms with Gasteiger partial charge in [0.25, 0.3) is 0 Å². The summed E-state index contributed by atoms with van der Waals surface area (Å²) in [4.78, 5) is 18.4. The molecule has 69 heavy (non-hydrogen) atoms. The highest BCUT2D eigenvalue weighted by Crippen LogP contribution is 2.60. The van der Waals surface area contributed by atoms with E-state index in [1.165, 1.54) is 7.11 Å². The molecule has 13 nitrogen and oxygen atoms in total. The van der Waals surface area contributed by atoms with Crippen molar-refractivity contribution in [3.8, 4) is 46.7 Å². The van der Waals surface area contributed by atoms with Crippen LogP contribution in [0.3, 0.4) is 0 Å². The number of hydrogen-bond acceptors (Lipinski definition) is 15. The predicted molar refractivity (Wildman–Crippen MR) is 270 cm³/mol. The van der Waals surface area contributed by atoms with Gasteiger partial charge in [0.2, 0.25) is 6.29 Å². The van der Waals surface area contributed by atoms with Gasteiger partial charge in [0.15, 0.2) is 29.0 Å². The van der Waals surface area contributed by atoms with Gasteiger partial charge in [0.1, 0.15) is 12.5 Å². The Hall–Kier alpha value is -4.06. The molecule has 4 heterocycles. The van der Waals surface area contributed by atoms with Gasteiger partial charge in [-0.2, -0.15) is 0 Å². The number of aromatic hydroxyl groups is 1. The summed E-state index contributed by atoms with van der Waals surface area (Å²) in [5.74, 6) is 17.3. The number of Topliss-reactive ketones (excluding diaryl/α,β-unsaturated/α-hetero) is 1. The number of hydrogen-bond donors (Lipinski definition) is 7. The lowest BCUT2D eigenvalue weighted by Gasteiger charge is -2.53. The Kier molecular flexibility index (Phi) is 15.4. The third kappa shape index (κ3) is 9.96. The van der Waals surface area contributed by atoms with Crippen LogP contribution in [-0.4, -0.2) is 107 Å². The van der Waals surface area contributed by atoms with Crippen LogP contribution in [0.25, 0.3) is 0 Å². The molecule has 0 saturated heterocycles. The van der Waals surface area contributed by atoms with Gasteiger partial charge < -0.3 is 50.4 Å². The van der Waals surface area contributed by atoms with Crippen LogP contribution in [0.15, 0.2) is 35.3 Å². The second kappa shape index (κ2) is 21.3. The number of ether oxygens (including phenoxy) is 4. The van der Waals surface area contributed by atoms with Gasteiger partial charge >= 0.3 is 0 Å². The molecule has 2 aromatic carbocycles. The maximum Gasteiger partial charge on any atom is 0.201 e. The van der Waals surface area contributed by atoms with Gasteiger partial charge in [-0.15, -0.1) is 0 Å². The highest BCUT2D eigenvalue weighted by molar-refractivity contribution is 8.76. The van der Waals surface area contributed by atoms with E-state index in [-0.39, 0.29) is 91.6 Å². The molecular formula is C54H70N4O9S2. The first kappa shape index (κ1) is 49.9. The van der Waals surface area contributed by atoms with Crippen LogP contribution in [0.1, 0.15) is 99.5 Å². The van der Waals surface area contributed by atoms with Crippen LogP contribution in [0.4, 0.5) is 0 Å². The maximum absolute atomic E-state index is 13.3. The number of aliphatic hydroxyl groups is 3. The molecule has 2 fully saturated rings. The molecule has 2 aromatic rings. The van der Waals surface area contributed by atoms with Crippen molar-refractivity contribution in [1.82, 2.24) is 10.6 Å². The Morgan fingerprint density at radius 1 is 1.03 bits per heavy atom. The molecule has 12 unspecified atom stereocenters. The SMILES string of the molecule is COc1c(O)ccc2c1C#CCc1cc(c3c4c1OCNC15CCCCC1CC(C(CO)OC)C1C=CC5(C#CC5NC(N)=NC(C(C)C)CSSCC5C(C3)C(O)O4)C1)CCC(O)CC(=O)CC2. The minimum Gasteiger partial charge on any atom is -0.504 e. The molecule has 0 radical (unpaired) electrons. The number of aliphatic imine (C=N–C) groups is 1. The van der Waals surface area contributed by atoms with Crippen LogP contribution in [0.5, 0.6) is 23.0 Å². The fraction of sp³-hybridized carbons (Fsp3) is 0.630. The van der Waals surface area contributed by atoms with E-state index in [1.807, 2.05) is 0 Å². The topological polar surface area (TPSA) is 197 Å². The van der Waals surface area contributed by atoms with Gasteiger partial charge in [-0.25, -0.2) is 4.99 Å². The molecule has 4 aliphatic heterocycles. The quantitative estimate of drug-likeness (QED) is 0.107. The van der Waals surface area contributed by atoms with Crippen LogP contribution in [0.2, 0.25) is 0 Å². The first-order valence-electron chi connectivity index (χ1n) is 25.0. The number of allylic oxidation sites excluding steroid dienone is 1. The minimum atomic E-state index is -1.24. The number of fused-ring (bicyclic) bond motifs is 7. The van der Waals surface area contributed by atoms with Crippen molar-refractivity contribution in [2.45, 2.75) is 133 Å². The normalized spacial score (nSPS) is 33.9. The van der Waals surface area contributed by atoms with E-state index in [4.69, 9.17) is 29.7 Å². The number of rotatable bonds is 5. The second-order valence-electron chi connectivity index (χ2n) is 20.7. The number of phenolic OH excluding ortho intramolecular Hbond substituents is 1. The average molecular weight is 983 g/mol. The molecule has 2 saturated carbocycles. The van der Waals surface area contributed by atoms with Gasteiger partial charge in [0, 0.05) is 66.4 Å². The molecule has 8 aliphatic rings. The van der Waals surface area contributed by atoms with Gasteiger partial charge in [0.05, 0.1) is 49.0 Å². The van der Waals surface area contributed by atoms with Crippen molar-refractivity contribution in [2.75, 3.05) is 39.1 Å². The minimum absolute atomic E-state index is 0.00659. The third-order valence-corrected chi connectivity index (χ3v) is 19.0. The first-order valence-corrected chi connectivity index (χ1v) is 27.5. The number of guanidine groups is 1. The van der Waals surface area contributed by atoms with Crippen LogP contribution >= 0.6 is 21.6 Å². The zero-order valence-electron chi connectivity index (χ0n) is 40.4. The summed E-state index contributed by atoms with van der Waals surface area (Å²) in [5, 5.41) is 53.0. The Bertz CT molecular complexity index is 2420. The molecule has 0 amide bonds. The lowest BCUT2D eigenvalue weighted by Crippen LogP contribution is -2.63. The van der Waals surface area contributed by atoms with E-state index in [2.05, 4.69) is 66.4 Å². The smallest absolute Gasteiger partial charge is 0.201 e. The molecule has 12 atom stereocenters. The Balaban J connectivity index is 1.22. The summed E-state index contributed by atoms with van der Waals surface area (Å²) in [5.41, 5.74) is 9.60. The standard InChI is InChI=1S/C54H70N4O9S2/c1-31(2)45-29-69-68-28-43-42-25-41-33-12-15-38(61)24-37(60)14-11-32-13-16-46(62)49(65-4)39(32)10-7-8-34(22-33)48(50(41)67-51(42)63)66-30-56-54-19-6-5-9-36(54)23-40(47(27-59)64-3)35-17-20-53(54,26-35)21-18-44(43)57-52(55)58-45/h13,16-17,20,22,31,35-36,38,40,42-45,47,51,56,59,61-63H,5-6,8-9,11-12,14-15,19,23-30H2,1-4H3,(H3,55,57,58). The number of phenols is 1. The fourth-order valence-electron chi connectivity index (χ4n) is 12.7. The largest absolute Gasteiger partial charge is 0.504 e. The van der Waals surface area contributed by atoms with Gasteiger partial charge in [-0.1, -0.05) is 96.2 Å². The number of ketones is 1. The zero-order chi connectivity index (χ0) is 48.5. The lowest BCUT2D eigenvalue weighted by atomic mass is 9.57. The highest BCUT2D eigenvalue weighted by atomic mass is 33.1. The monoisotopic (exact) mass is 982 g/mol. The molecule has 15 heteroatoms. The fourth-order valence-corrected chi connectivity index (χ4v) is 15.5. The number of benzene rings is 2. The lowest BCUT2D eigenvalue weighted by molar-refractivity contribution is -0.121. The Morgan fingerprint density at radius 2 is 1.87 bits per heavy atom. The number of carbonyl (C=O) groups is 1. The molecule has 8 bridgehead atoms. The number of nitrogens with one attached hydrogen (secondary N) is 2. The van der Waals surface area contributed by atoms with Crippen LogP contribution in [0, 0.1) is 64.6 Å². The van der Waals surface area contributed by atoms with E-state index >= 15 is 0 Å². The number of methoxy groups -OCH3 is 2. The van der Waals surface area contributed by atoms with E-state index in [9.17, 15) is 25.2 Å². The Morgan fingerprint density at radius 3 is 2.67 bits per heavy atom. The summed E-state index contributed by atoms with van der Waals surface area (Å²) in [7, 11) is 6.72. The Labute approximate surface area is 415 Å². The molecule has 8 N–H and O–H groups in total. The number of aliphatic hydroxyl groups excluding tert-OH is 3. The third-order valence-electron chi connectivity index (χ3n) is 16.5. The summed E-state index contributed by atoms with van der Waals surface area (Å²) >= 11 is 0. The molecular weight excluding hydrogens is 913 g/mol. The van der Waals surface area contributed by atoms with Crippen molar-refractivity contribution < 1.29 is 44.2 Å². The maximum atomic E-state index is 13.3. The van der Waals surface area contributed by atoms with Crippen molar-refractivity contribution in [1.29, 1.82) is 0 Å². The second-order valence-corrected chi connectivity index (χ2v) is 23.2. The van der Waals surface area contributed by atoms with Crippen molar-refractivity contribution in [2.24, 2.45) is 51.6 Å². The number of aryl methyl sites for hydroxylation is 2. The average Bonchev–Trinajstić information content (AvgIpc) is 3.73. The van der Waals surface area contributed by atoms with E-state index in [0.717, 1.165) is 66.5 Å². The molecule has 4 aliphatic carbocycles. The van der Waals surface area contributed by atoms with E-state index in [0.29, 0.717) is 54.5 Å². The van der Waals surface area contributed by atoms with E-state index in [1.54, 1.807) is 40.8 Å². The zero-order valence-corrected chi connectivity index (χ0v) is 42.1. The number of carbonyl (C=O) groups excluding carboxylic acids is 1. The van der Waals surface area contributed by atoms with Crippen molar-refractivity contribution in [3.05, 3.63) is 58.2 Å². The highest BCUT2D eigenvalue weighted by Gasteiger charge is 2.60. The van der Waals surface area contributed by atoms with Gasteiger partial charge in [-0.05, 0) is 92.2 Å². The predicted octanol–water partition coefficient (Wildman–Crippen LogP) is 5.83. The molecule has 2 spiro atoms. The van der Waals surface area contributed by atoms with Crippen molar-refractivity contribution >= 4 is 33.3 Å². The van der Waals surface area contributed by atoms with Crippen molar-refractivity contribution in [3.63, 3.8) is 0 Å². The summed E-state index contributed by atoms with van der Waals surface area (Å²) in [6.07, 6.45) is 9.85.